The van der Waals surface area contributed by atoms with Crippen LogP contribution in [0.25, 0.3) is 10.8 Å². The molecule has 1 aliphatic rings. The lowest BCUT2D eigenvalue weighted by Gasteiger charge is -2.22. The summed E-state index contributed by atoms with van der Waals surface area (Å²) in [7, 11) is 0. The Kier molecular flexibility index (Phi) is 5.13. The number of aliphatic hydroxyl groups excluding tert-OH is 1. The van der Waals surface area contributed by atoms with Gasteiger partial charge < -0.3 is 15.3 Å². The number of unbranched alkanes of at least 4 members (excludes halogenated alkanes) is 1. The number of benzene rings is 2. The van der Waals surface area contributed by atoms with E-state index < -0.39 is 0 Å². The average Bonchev–Trinajstić information content (AvgIpc) is 3.41. The summed E-state index contributed by atoms with van der Waals surface area (Å²) in [5, 5.41) is 14.3. The highest BCUT2D eigenvalue weighted by atomic mass is 16.3. The Morgan fingerprint density at radius 3 is 2.65 bits per heavy atom. The smallest absolute Gasteiger partial charge is 0.317 e. The lowest BCUT2D eigenvalue weighted by Crippen LogP contribution is -2.41. The second-order valence-corrected chi connectivity index (χ2v) is 6.20. The van der Waals surface area contributed by atoms with Crippen molar-refractivity contribution in [2.24, 2.45) is 0 Å². The SMILES string of the molecule is O=C(NCc1ccc2ccccc2c1)N(CCCCO)C1CC1. The van der Waals surface area contributed by atoms with Gasteiger partial charge >= 0.3 is 6.03 Å². The minimum absolute atomic E-state index is 0.0126. The molecule has 3 rings (SSSR count). The molecule has 0 saturated heterocycles. The summed E-state index contributed by atoms with van der Waals surface area (Å²) in [6.45, 7) is 1.47. The second kappa shape index (κ2) is 7.47. The molecule has 4 heteroatoms. The number of amides is 2. The number of aliphatic hydroxyl groups is 1. The van der Waals surface area contributed by atoms with Crippen molar-refractivity contribution in [3.63, 3.8) is 0 Å². The van der Waals surface area contributed by atoms with Crippen LogP contribution < -0.4 is 5.32 Å². The van der Waals surface area contributed by atoms with Crippen molar-refractivity contribution in [2.45, 2.75) is 38.3 Å². The lowest BCUT2D eigenvalue weighted by molar-refractivity contribution is 0.190. The summed E-state index contributed by atoms with van der Waals surface area (Å²) in [5.41, 5.74) is 1.11. The van der Waals surface area contributed by atoms with Crippen LogP contribution in [0.4, 0.5) is 4.79 Å². The van der Waals surface area contributed by atoms with Crippen LogP contribution in [0.15, 0.2) is 42.5 Å². The third-order valence-corrected chi connectivity index (χ3v) is 4.31. The third-order valence-electron chi connectivity index (χ3n) is 4.31. The van der Waals surface area contributed by atoms with Gasteiger partial charge in [0.2, 0.25) is 0 Å². The molecule has 1 fully saturated rings. The first-order valence-electron chi connectivity index (χ1n) is 8.41. The molecule has 0 atom stereocenters. The van der Waals surface area contributed by atoms with E-state index in [1.54, 1.807) is 0 Å². The molecule has 2 N–H and O–H groups in total. The first kappa shape index (κ1) is 15.8. The van der Waals surface area contributed by atoms with E-state index in [0.717, 1.165) is 37.8 Å². The van der Waals surface area contributed by atoms with Gasteiger partial charge in [0.05, 0.1) is 0 Å². The number of nitrogens with zero attached hydrogens (tertiary/aromatic N) is 1. The van der Waals surface area contributed by atoms with Gasteiger partial charge in [-0.15, -0.1) is 0 Å². The zero-order valence-electron chi connectivity index (χ0n) is 13.4. The Morgan fingerprint density at radius 1 is 1.13 bits per heavy atom. The molecule has 0 bridgehead atoms. The van der Waals surface area contributed by atoms with Crippen LogP contribution in [0.2, 0.25) is 0 Å². The molecule has 1 saturated carbocycles. The molecule has 0 aromatic heterocycles. The number of nitrogens with one attached hydrogen (secondary N) is 1. The van der Waals surface area contributed by atoms with Crippen LogP contribution in [0.5, 0.6) is 0 Å². The van der Waals surface area contributed by atoms with Crippen LogP contribution in [0.3, 0.4) is 0 Å². The summed E-state index contributed by atoms with van der Waals surface area (Å²) >= 11 is 0. The summed E-state index contributed by atoms with van der Waals surface area (Å²) < 4.78 is 0. The lowest BCUT2D eigenvalue weighted by atomic mass is 10.1. The third kappa shape index (κ3) is 4.23. The van der Waals surface area contributed by atoms with Crippen molar-refractivity contribution in [1.82, 2.24) is 10.2 Å². The number of fused-ring (bicyclic) bond motifs is 1. The molecule has 23 heavy (non-hydrogen) atoms. The molecule has 2 aromatic rings. The summed E-state index contributed by atoms with van der Waals surface area (Å²) in [6, 6.07) is 14.9. The molecule has 122 valence electrons. The molecule has 4 nitrogen and oxygen atoms in total. The van der Waals surface area contributed by atoms with Crippen molar-refractivity contribution in [3.8, 4) is 0 Å². The predicted molar refractivity (Wildman–Crippen MR) is 92.2 cm³/mol. The maximum atomic E-state index is 12.4. The summed E-state index contributed by atoms with van der Waals surface area (Å²) in [6.07, 6.45) is 3.81. The summed E-state index contributed by atoms with van der Waals surface area (Å²) in [4.78, 5) is 14.3. The minimum atomic E-state index is 0.0126. The molecule has 0 unspecified atom stereocenters. The zero-order valence-corrected chi connectivity index (χ0v) is 13.4. The second-order valence-electron chi connectivity index (χ2n) is 6.20. The molecule has 0 aliphatic heterocycles. The molecule has 0 spiro atoms. The number of hydrogen-bond donors (Lipinski definition) is 2. The number of urea groups is 1. The topological polar surface area (TPSA) is 52.6 Å². The van der Waals surface area contributed by atoms with E-state index in [9.17, 15) is 4.79 Å². The van der Waals surface area contributed by atoms with Gasteiger partial charge in [0.15, 0.2) is 0 Å². The summed E-state index contributed by atoms with van der Waals surface area (Å²) in [5.74, 6) is 0. The molecule has 0 radical (unpaired) electrons. The van der Waals surface area contributed by atoms with E-state index in [1.165, 1.54) is 10.8 Å². The Labute approximate surface area is 137 Å². The zero-order chi connectivity index (χ0) is 16.1. The van der Waals surface area contributed by atoms with E-state index in [1.807, 2.05) is 17.0 Å². The van der Waals surface area contributed by atoms with Gasteiger partial charge in [-0.3, -0.25) is 0 Å². The number of carbonyl (C=O) groups is 1. The Morgan fingerprint density at radius 2 is 1.91 bits per heavy atom. The fourth-order valence-corrected chi connectivity index (χ4v) is 2.86. The molecule has 0 heterocycles. The quantitative estimate of drug-likeness (QED) is 0.771. The Balaban J connectivity index is 1.57. The van der Waals surface area contributed by atoms with Crippen LogP contribution in [-0.2, 0) is 6.54 Å². The van der Waals surface area contributed by atoms with E-state index in [0.29, 0.717) is 12.6 Å². The number of hydrogen-bond acceptors (Lipinski definition) is 2. The van der Waals surface area contributed by atoms with Crippen LogP contribution in [-0.4, -0.2) is 35.2 Å². The molecule has 2 amide bonds. The van der Waals surface area contributed by atoms with E-state index in [-0.39, 0.29) is 12.6 Å². The Bertz CT molecular complexity index is 667. The van der Waals surface area contributed by atoms with Crippen LogP contribution >= 0.6 is 0 Å². The maximum Gasteiger partial charge on any atom is 0.317 e. The normalized spacial score (nSPS) is 14.0. The van der Waals surface area contributed by atoms with Crippen LogP contribution in [0, 0.1) is 0 Å². The fraction of sp³-hybridized carbons (Fsp3) is 0.421. The highest BCUT2D eigenvalue weighted by Gasteiger charge is 2.31. The van der Waals surface area contributed by atoms with Crippen molar-refractivity contribution in [3.05, 3.63) is 48.0 Å². The first-order chi connectivity index (χ1) is 11.3. The van der Waals surface area contributed by atoms with Crippen molar-refractivity contribution >= 4 is 16.8 Å². The molecule has 2 aromatic carbocycles. The number of rotatable bonds is 7. The Hall–Kier alpha value is -2.07. The monoisotopic (exact) mass is 312 g/mol. The van der Waals surface area contributed by atoms with Gasteiger partial charge in [-0.1, -0.05) is 36.4 Å². The van der Waals surface area contributed by atoms with Gasteiger partial charge in [0.25, 0.3) is 0 Å². The number of carbonyl (C=O) groups excluding carboxylic acids is 1. The van der Waals surface area contributed by atoms with Gasteiger partial charge in [-0.2, -0.15) is 0 Å². The van der Waals surface area contributed by atoms with Crippen molar-refractivity contribution in [2.75, 3.05) is 13.2 Å². The van der Waals surface area contributed by atoms with Gasteiger partial charge in [0.1, 0.15) is 0 Å². The van der Waals surface area contributed by atoms with Gasteiger partial charge in [-0.05, 0) is 48.1 Å². The minimum Gasteiger partial charge on any atom is -0.396 e. The first-order valence-corrected chi connectivity index (χ1v) is 8.41. The molecular formula is C19H24N2O2. The van der Waals surface area contributed by atoms with Gasteiger partial charge in [-0.25, -0.2) is 4.79 Å². The predicted octanol–water partition coefficient (Wildman–Crippen LogP) is 3.29. The maximum absolute atomic E-state index is 12.4. The standard InChI is InChI=1S/C19H24N2O2/c22-12-4-3-11-21(18-9-10-18)19(23)20-14-15-7-8-16-5-1-2-6-17(16)13-15/h1-2,5-8,13,18,22H,3-4,9-12,14H2,(H,20,23). The molecule has 1 aliphatic carbocycles. The fourth-order valence-electron chi connectivity index (χ4n) is 2.86. The average molecular weight is 312 g/mol. The van der Waals surface area contributed by atoms with Crippen molar-refractivity contribution < 1.29 is 9.90 Å². The van der Waals surface area contributed by atoms with E-state index in [2.05, 4.69) is 35.6 Å². The van der Waals surface area contributed by atoms with Crippen molar-refractivity contribution in [1.29, 1.82) is 0 Å². The highest BCUT2D eigenvalue weighted by molar-refractivity contribution is 5.83. The van der Waals surface area contributed by atoms with E-state index in [4.69, 9.17) is 5.11 Å². The van der Waals surface area contributed by atoms with Gasteiger partial charge in [0, 0.05) is 25.7 Å². The van der Waals surface area contributed by atoms with E-state index >= 15 is 0 Å². The largest absolute Gasteiger partial charge is 0.396 e. The highest BCUT2D eigenvalue weighted by Crippen LogP contribution is 2.27. The van der Waals surface area contributed by atoms with Crippen LogP contribution in [0.1, 0.15) is 31.2 Å². The molecular weight excluding hydrogens is 288 g/mol.